The number of benzene rings is 1. The van der Waals surface area contributed by atoms with Gasteiger partial charge in [0, 0.05) is 24.8 Å². The highest BCUT2D eigenvalue weighted by molar-refractivity contribution is 5.89. The van der Waals surface area contributed by atoms with Crippen molar-refractivity contribution in [2.45, 2.75) is 39.0 Å². The lowest BCUT2D eigenvalue weighted by Gasteiger charge is -2.54. The number of nitrogens with zero attached hydrogens (tertiary/aromatic N) is 3. The van der Waals surface area contributed by atoms with Crippen LogP contribution in [-0.2, 0) is 14.3 Å². The van der Waals surface area contributed by atoms with E-state index < -0.39 is 12.1 Å². The summed E-state index contributed by atoms with van der Waals surface area (Å²) in [5.41, 5.74) is 1.13. The number of anilines is 1. The van der Waals surface area contributed by atoms with Crippen LogP contribution < -0.4 is 4.90 Å². The molecule has 1 amide bonds. The van der Waals surface area contributed by atoms with Crippen molar-refractivity contribution < 1.29 is 24.2 Å². The molecule has 1 aromatic carbocycles. The van der Waals surface area contributed by atoms with Gasteiger partial charge in [-0.05, 0) is 29.7 Å². The van der Waals surface area contributed by atoms with E-state index in [9.17, 15) is 9.59 Å². The molecule has 0 bridgehead atoms. The molecule has 0 spiro atoms. The van der Waals surface area contributed by atoms with Crippen molar-refractivity contribution in [1.29, 1.82) is 5.26 Å². The van der Waals surface area contributed by atoms with Crippen molar-refractivity contribution in [1.82, 2.24) is 4.90 Å². The molecule has 2 saturated heterocycles. The molecule has 1 aromatic rings. The standard InChI is InChI=1S/C20H25N3O5/c1-20(2,3)18-16(27-12-17(24)25)11-22(18)9-15-10-23(19(26)28-15)14-6-4-13(8-21)5-7-14/h4-7,15-16,18H,9-12H2,1-3H3,(H,24,25). The van der Waals surface area contributed by atoms with Crippen molar-refractivity contribution in [2.75, 3.05) is 31.1 Å². The maximum Gasteiger partial charge on any atom is 0.414 e. The van der Waals surface area contributed by atoms with Gasteiger partial charge in [-0.15, -0.1) is 0 Å². The van der Waals surface area contributed by atoms with E-state index in [4.69, 9.17) is 19.8 Å². The minimum absolute atomic E-state index is 0.0505. The second kappa shape index (κ2) is 7.78. The number of aliphatic carboxylic acids is 1. The Morgan fingerprint density at radius 2 is 2.00 bits per heavy atom. The number of nitriles is 1. The predicted molar refractivity (Wildman–Crippen MR) is 101 cm³/mol. The molecular weight excluding hydrogens is 362 g/mol. The first kappa shape index (κ1) is 20.1. The number of rotatable bonds is 6. The number of likely N-dealkylation sites (tertiary alicyclic amines) is 1. The molecule has 8 nitrogen and oxygen atoms in total. The third-order valence-electron chi connectivity index (χ3n) is 5.09. The van der Waals surface area contributed by atoms with Gasteiger partial charge < -0.3 is 14.6 Å². The molecule has 2 fully saturated rings. The van der Waals surface area contributed by atoms with Crippen LogP contribution in [0.25, 0.3) is 0 Å². The third kappa shape index (κ3) is 4.26. The quantitative estimate of drug-likeness (QED) is 0.797. The van der Waals surface area contributed by atoms with E-state index in [1.54, 1.807) is 29.2 Å². The summed E-state index contributed by atoms with van der Waals surface area (Å²) in [5.74, 6) is -0.978. The molecule has 3 atom stereocenters. The Hall–Kier alpha value is -2.63. The number of hydrogen-bond acceptors (Lipinski definition) is 6. The average molecular weight is 387 g/mol. The summed E-state index contributed by atoms with van der Waals surface area (Å²) in [4.78, 5) is 26.8. The van der Waals surface area contributed by atoms with E-state index in [0.29, 0.717) is 30.9 Å². The molecule has 0 aromatic heterocycles. The number of carbonyl (C=O) groups excluding carboxylic acids is 1. The minimum Gasteiger partial charge on any atom is -0.480 e. The smallest absolute Gasteiger partial charge is 0.414 e. The van der Waals surface area contributed by atoms with Crippen LogP contribution in [-0.4, -0.2) is 66.6 Å². The van der Waals surface area contributed by atoms with Gasteiger partial charge in [-0.2, -0.15) is 5.26 Å². The zero-order chi connectivity index (χ0) is 20.5. The maximum absolute atomic E-state index is 12.3. The van der Waals surface area contributed by atoms with Crippen molar-refractivity contribution in [3.8, 4) is 6.07 Å². The summed E-state index contributed by atoms with van der Waals surface area (Å²) < 4.78 is 11.1. The molecule has 8 heteroatoms. The Labute approximate surface area is 164 Å². The number of hydrogen-bond donors (Lipinski definition) is 1. The molecule has 0 saturated carbocycles. The molecule has 2 heterocycles. The molecule has 1 N–H and O–H groups in total. The summed E-state index contributed by atoms with van der Waals surface area (Å²) >= 11 is 0. The summed E-state index contributed by atoms with van der Waals surface area (Å²) in [6.45, 7) is 7.56. The zero-order valence-corrected chi connectivity index (χ0v) is 16.3. The molecule has 2 aliphatic heterocycles. The normalized spacial score (nSPS) is 25.1. The van der Waals surface area contributed by atoms with Gasteiger partial charge in [0.15, 0.2) is 0 Å². The summed E-state index contributed by atoms with van der Waals surface area (Å²) in [6.07, 6.45) is -0.836. The fraction of sp³-hybridized carbons (Fsp3) is 0.550. The van der Waals surface area contributed by atoms with Crippen molar-refractivity contribution >= 4 is 17.7 Å². The zero-order valence-electron chi connectivity index (χ0n) is 16.3. The summed E-state index contributed by atoms with van der Waals surface area (Å²) in [5, 5.41) is 17.7. The topological polar surface area (TPSA) is 103 Å². The van der Waals surface area contributed by atoms with E-state index in [0.717, 1.165) is 0 Å². The molecule has 28 heavy (non-hydrogen) atoms. The van der Waals surface area contributed by atoms with E-state index in [1.165, 1.54) is 0 Å². The SMILES string of the molecule is CC(C)(C)C1C(OCC(=O)O)CN1CC1CN(c2ccc(C#N)cc2)C(=O)O1. The predicted octanol–water partition coefficient (Wildman–Crippen LogP) is 2.08. The van der Waals surface area contributed by atoms with Gasteiger partial charge >= 0.3 is 12.1 Å². The lowest BCUT2D eigenvalue weighted by Crippen LogP contribution is -2.67. The first-order valence-corrected chi connectivity index (χ1v) is 9.25. The van der Waals surface area contributed by atoms with E-state index >= 15 is 0 Å². The highest BCUT2D eigenvalue weighted by atomic mass is 16.6. The van der Waals surface area contributed by atoms with Crippen LogP contribution in [0.3, 0.4) is 0 Å². The Morgan fingerprint density at radius 1 is 1.32 bits per heavy atom. The van der Waals surface area contributed by atoms with Crippen LogP contribution in [0, 0.1) is 16.7 Å². The largest absolute Gasteiger partial charge is 0.480 e. The highest BCUT2D eigenvalue weighted by Crippen LogP contribution is 2.36. The second-order valence-electron chi connectivity index (χ2n) is 8.28. The van der Waals surface area contributed by atoms with Crippen molar-refractivity contribution in [3.05, 3.63) is 29.8 Å². The summed E-state index contributed by atoms with van der Waals surface area (Å²) in [7, 11) is 0. The van der Waals surface area contributed by atoms with Gasteiger partial charge in [-0.25, -0.2) is 9.59 Å². The van der Waals surface area contributed by atoms with Crippen LogP contribution in [0.5, 0.6) is 0 Å². The van der Waals surface area contributed by atoms with Crippen molar-refractivity contribution in [3.63, 3.8) is 0 Å². The Morgan fingerprint density at radius 3 is 2.57 bits per heavy atom. The van der Waals surface area contributed by atoms with Crippen molar-refractivity contribution in [2.24, 2.45) is 5.41 Å². The van der Waals surface area contributed by atoms with Gasteiger partial charge in [-0.3, -0.25) is 9.80 Å². The number of ether oxygens (including phenoxy) is 2. The van der Waals surface area contributed by atoms with Gasteiger partial charge in [-0.1, -0.05) is 20.8 Å². The minimum atomic E-state index is -0.978. The number of carboxylic acids is 1. The van der Waals surface area contributed by atoms with Gasteiger partial charge in [0.05, 0.1) is 24.3 Å². The van der Waals surface area contributed by atoms with Gasteiger partial charge in [0.1, 0.15) is 12.7 Å². The first-order chi connectivity index (χ1) is 13.2. The lowest BCUT2D eigenvalue weighted by molar-refractivity contribution is -0.167. The molecule has 0 radical (unpaired) electrons. The highest BCUT2D eigenvalue weighted by Gasteiger charge is 2.48. The molecule has 0 aliphatic carbocycles. The van der Waals surface area contributed by atoms with Crippen LogP contribution in [0.15, 0.2) is 24.3 Å². The molecule has 150 valence electrons. The molecule has 3 rings (SSSR count). The third-order valence-corrected chi connectivity index (χ3v) is 5.09. The van der Waals surface area contributed by atoms with Crippen LogP contribution in [0.2, 0.25) is 0 Å². The first-order valence-electron chi connectivity index (χ1n) is 9.25. The van der Waals surface area contributed by atoms with E-state index in [1.807, 2.05) is 0 Å². The number of amides is 1. The molecule has 2 aliphatic rings. The lowest BCUT2D eigenvalue weighted by atomic mass is 9.77. The fourth-order valence-corrected chi connectivity index (χ4v) is 3.96. The monoisotopic (exact) mass is 387 g/mol. The molecule has 3 unspecified atom stereocenters. The van der Waals surface area contributed by atoms with Gasteiger partial charge in [0.25, 0.3) is 0 Å². The average Bonchev–Trinajstić information content (AvgIpc) is 2.96. The number of carboxylic acid groups (broad SMARTS) is 1. The summed E-state index contributed by atoms with van der Waals surface area (Å²) in [6, 6.07) is 8.92. The second-order valence-corrected chi connectivity index (χ2v) is 8.28. The molecular formula is C20H25N3O5. The van der Waals surface area contributed by atoms with Crippen LogP contribution in [0.4, 0.5) is 10.5 Å². The van der Waals surface area contributed by atoms with Crippen LogP contribution >= 0.6 is 0 Å². The number of cyclic esters (lactones) is 1. The Balaban J connectivity index is 1.61. The van der Waals surface area contributed by atoms with Crippen LogP contribution in [0.1, 0.15) is 26.3 Å². The van der Waals surface area contributed by atoms with E-state index in [2.05, 4.69) is 31.7 Å². The maximum atomic E-state index is 12.3. The van der Waals surface area contributed by atoms with Gasteiger partial charge in [0.2, 0.25) is 0 Å². The fourth-order valence-electron chi connectivity index (χ4n) is 3.96. The number of carbonyl (C=O) groups is 2. The Kier molecular flexibility index (Phi) is 5.59. The Bertz CT molecular complexity index is 781. The van der Waals surface area contributed by atoms with E-state index in [-0.39, 0.29) is 30.3 Å².